The van der Waals surface area contributed by atoms with Gasteiger partial charge in [-0.1, -0.05) is 30.3 Å². The Morgan fingerprint density at radius 2 is 1.78 bits per heavy atom. The first-order valence-corrected chi connectivity index (χ1v) is 11.1. The maximum atomic E-state index is 14.2. The average molecular weight is 466 g/mol. The van der Waals surface area contributed by atoms with E-state index in [4.69, 9.17) is 17.8 Å². The SMILES string of the molecule is [2H]c1c(C([2H])([2H])[2H])c(C([2H])([2H])[2H])c(S(=O)(=O)Nc2ccc(N3CC[C@H](C(=O)O)C3)c3ccccc23)c(C([2H])([2H])[2H])c1C([2H])([2H])[2H]. The molecule has 0 unspecified atom stereocenters. The second kappa shape index (κ2) is 8.13. The summed E-state index contributed by atoms with van der Waals surface area (Å²) in [6.45, 7) is -13.7. The van der Waals surface area contributed by atoms with E-state index in [-0.39, 0.29) is 17.6 Å². The van der Waals surface area contributed by atoms with Crippen LogP contribution >= 0.6 is 0 Å². The first kappa shape index (κ1) is 11.2. The van der Waals surface area contributed by atoms with E-state index in [9.17, 15) is 18.3 Å². The van der Waals surface area contributed by atoms with Crippen molar-refractivity contribution in [2.24, 2.45) is 5.92 Å². The van der Waals surface area contributed by atoms with Gasteiger partial charge in [0.2, 0.25) is 0 Å². The van der Waals surface area contributed by atoms with E-state index in [1.807, 2.05) is 0 Å². The minimum Gasteiger partial charge on any atom is -0.481 e. The van der Waals surface area contributed by atoms with Crippen LogP contribution in [0.4, 0.5) is 11.4 Å². The summed E-state index contributed by atoms with van der Waals surface area (Å²) in [6, 6.07) is 7.70. The van der Waals surface area contributed by atoms with Crippen LogP contribution in [0, 0.1) is 33.3 Å². The molecule has 2 N–H and O–H groups in total. The highest BCUT2D eigenvalue weighted by Crippen LogP contribution is 2.36. The highest BCUT2D eigenvalue weighted by molar-refractivity contribution is 7.92. The Morgan fingerprint density at radius 1 is 1.09 bits per heavy atom. The fourth-order valence-electron chi connectivity index (χ4n) is 3.90. The molecule has 0 radical (unpaired) electrons. The molecule has 4 rings (SSSR count). The summed E-state index contributed by atoms with van der Waals surface area (Å²) in [5, 5.41) is 10.1. The van der Waals surface area contributed by atoms with Crippen LogP contribution in [0.1, 0.15) is 46.5 Å². The third kappa shape index (κ3) is 3.81. The number of fused-ring (bicyclic) bond motifs is 1. The number of hydrogen-bond acceptors (Lipinski definition) is 4. The van der Waals surface area contributed by atoms with Crippen molar-refractivity contribution in [3.05, 3.63) is 64.7 Å². The van der Waals surface area contributed by atoms with Crippen molar-refractivity contribution in [2.45, 2.75) is 38.7 Å². The lowest BCUT2D eigenvalue weighted by molar-refractivity contribution is -0.140. The van der Waals surface area contributed by atoms with E-state index in [1.54, 1.807) is 23.1 Å². The molecule has 3 aromatic carbocycles. The van der Waals surface area contributed by atoms with Gasteiger partial charge in [0.15, 0.2) is 0 Å². The fraction of sp³-hybridized carbons (Fsp3) is 0.320. The van der Waals surface area contributed by atoms with Crippen LogP contribution < -0.4 is 9.62 Å². The van der Waals surface area contributed by atoms with Crippen molar-refractivity contribution in [1.82, 2.24) is 0 Å². The quantitative estimate of drug-likeness (QED) is 0.566. The number of carbonyl (C=O) groups is 1. The molecule has 168 valence electrons. The first-order valence-electron chi connectivity index (χ1n) is 16.1. The Bertz CT molecular complexity index is 1730. The number of rotatable bonds is 5. The molecule has 1 fully saturated rings. The van der Waals surface area contributed by atoms with Crippen molar-refractivity contribution in [1.29, 1.82) is 0 Å². The Labute approximate surface area is 207 Å². The van der Waals surface area contributed by atoms with Crippen LogP contribution in [0.5, 0.6) is 0 Å². The van der Waals surface area contributed by atoms with Gasteiger partial charge in [0.05, 0.1) is 17.9 Å². The molecular formula is C25H28N2O4S. The predicted molar refractivity (Wildman–Crippen MR) is 128 cm³/mol. The van der Waals surface area contributed by atoms with Crippen LogP contribution in [-0.2, 0) is 14.8 Å². The molecule has 0 aromatic heterocycles. The van der Waals surface area contributed by atoms with E-state index in [1.165, 1.54) is 18.2 Å². The number of carboxylic acid groups (broad SMARTS) is 1. The van der Waals surface area contributed by atoms with Gasteiger partial charge in [0.1, 0.15) is 0 Å². The number of sulfonamides is 1. The highest BCUT2D eigenvalue weighted by Gasteiger charge is 2.29. The van der Waals surface area contributed by atoms with Crippen molar-refractivity contribution >= 4 is 38.1 Å². The van der Waals surface area contributed by atoms with Crippen molar-refractivity contribution in [2.75, 3.05) is 22.7 Å². The molecule has 0 spiro atoms. The number of nitrogens with zero attached hydrogens (tertiary/aromatic N) is 1. The van der Waals surface area contributed by atoms with Gasteiger partial charge in [-0.15, -0.1) is 0 Å². The van der Waals surface area contributed by atoms with Gasteiger partial charge in [-0.3, -0.25) is 9.52 Å². The van der Waals surface area contributed by atoms with E-state index in [0.717, 1.165) is 0 Å². The van der Waals surface area contributed by atoms with Gasteiger partial charge < -0.3 is 10.0 Å². The molecule has 32 heavy (non-hydrogen) atoms. The third-order valence-corrected chi connectivity index (χ3v) is 6.93. The smallest absolute Gasteiger partial charge is 0.308 e. The van der Waals surface area contributed by atoms with Crippen LogP contribution in [0.2, 0.25) is 0 Å². The molecule has 0 aliphatic carbocycles. The number of carboxylic acids is 1. The normalized spacial score (nSPS) is 24.1. The van der Waals surface area contributed by atoms with Gasteiger partial charge in [0.25, 0.3) is 10.0 Å². The zero-order valence-corrected chi connectivity index (χ0v) is 17.5. The van der Waals surface area contributed by atoms with Crippen molar-refractivity contribution in [3.8, 4) is 0 Å². The van der Waals surface area contributed by atoms with Crippen LogP contribution in [0.25, 0.3) is 10.8 Å². The lowest BCUT2D eigenvalue weighted by Crippen LogP contribution is -2.23. The number of hydrogen-bond donors (Lipinski definition) is 2. The van der Waals surface area contributed by atoms with E-state index < -0.39 is 82.5 Å². The summed E-state index contributed by atoms with van der Waals surface area (Å²) in [6.07, 6.45) is 0.373. The monoisotopic (exact) mass is 465 g/mol. The average Bonchev–Trinajstić information content (AvgIpc) is 3.36. The van der Waals surface area contributed by atoms with Crippen LogP contribution in [-0.4, -0.2) is 32.6 Å². The Kier molecular flexibility index (Phi) is 2.84. The molecule has 0 bridgehead atoms. The second-order valence-electron chi connectivity index (χ2n) is 7.51. The summed E-state index contributed by atoms with van der Waals surface area (Å²) < 4.78 is 135. The Morgan fingerprint density at radius 3 is 2.38 bits per heavy atom. The van der Waals surface area contributed by atoms with Crippen molar-refractivity contribution in [3.63, 3.8) is 0 Å². The first-order chi connectivity index (χ1) is 20.4. The molecule has 6 nitrogen and oxygen atoms in total. The molecule has 1 saturated heterocycles. The lowest BCUT2D eigenvalue weighted by Gasteiger charge is -2.22. The molecule has 1 heterocycles. The molecular weight excluding hydrogens is 424 g/mol. The Balaban J connectivity index is 2.05. The maximum absolute atomic E-state index is 14.2. The molecule has 7 heteroatoms. The van der Waals surface area contributed by atoms with Crippen LogP contribution in [0.3, 0.4) is 0 Å². The van der Waals surface area contributed by atoms with E-state index in [2.05, 4.69) is 4.72 Å². The standard InChI is InChI=1S/C25H28N2O4S/c1-15-13-16(2)18(4)24(17(15)3)32(30,31)26-22-9-10-23(21-8-6-5-7-20(21)22)27-12-11-19(14-27)25(28)29/h5-10,13,19,26H,11-12,14H2,1-4H3,(H,28,29)/t19-/m0/s1/i1D3,2D3,3D3,4D3,13D. The number of aliphatic carboxylic acids is 1. The zero-order valence-electron chi connectivity index (χ0n) is 29.7. The number of anilines is 2. The third-order valence-electron chi connectivity index (χ3n) is 5.50. The largest absolute Gasteiger partial charge is 0.481 e. The number of nitrogens with one attached hydrogen (secondary N) is 1. The van der Waals surface area contributed by atoms with Crippen LogP contribution in [0.15, 0.2) is 47.3 Å². The topological polar surface area (TPSA) is 86.7 Å². The van der Waals surface area contributed by atoms with Gasteiger partial charge in [-0.25, -0.2) is 8.42 Å². The van der Waals surface area contributed by atoms with Gasteiger partial charge >= 0.3 is 5.97 Å². The van der Waals surface area contributed by atoms with E-state index >= 15 is 0 Å². The van der Waals surface area contributed by atoms with E-state index in [0.29, 0.717) is 24.0 Å². The zero-order chi connectivity index (χ0) is 34.1. The van der Waals surface area contributed by atoms with Gasteiger partial charge in [-0.05, 0) is 68.2 Å². The lowest BCUT2D eigenvalue weighted by atomic mass is 10.0. The summed E-state index contributed by atoms with van der Waals surface area (Å²) in [5.41, 5.74) is -5.42. The molecule has 0 saturated carbocycles. The fourth-order valence-corrected chi connectivity index (χ4v) is 5.21. The molecule has 3 aromatic rings. The second-order valence-corrected chi connectivity index (χ2v) is 9.13. The molecule has 1 atom stereocenters. The minimum atomic E-state index is -5.41. The van der Waals surface area contributed by atoms with Gasteiger partial charge in [0, 0.05) is 46.0 Å². The maximum Gasteiger partial charge on any atom is 0.308 e. The summed E-state index contributed by atoms with van der Waals surface area (Å²) >= 11 is 0. The summed E-state index contributed by atoms with van der Waals surface area (Å²) in [7, 11) is -5.41. The molecule has 0 amide bonds. The van der Waals surface area contributed by atoms with Crippen molar-refractivity contribution < 1.29 is 36.1 Å². The van der Waals surface area contributed by atoms with Gasteiger partial charge in [-0.2, -0.15) is 0 Å². The summed E-state index contributed by atoms with van der Waals surface area (Å²) in [4.78, 5) is 11.7. The molecule has 1 aliphatic rings. The number of benzene rings is 3. The molecule has 1 aliphatic heterocycles. The predicted octanol–water partition coefficient (Wildman–Crippen LogP) is 4.79. The Hall–Kier alpha value is -3.06. The highest BCUT2D eigenvalue weighted by atomic mass is 32.2. The summed E-state index contributed by atoms with van der Waals surface area (Å²) in [5.74, 6) is -1.59. The minimum absolute atomic E-state index is 0.183.